The maximum Gasteiger partial charge on any atom is 0.338 e. The second-order valence-electron chi connectivity index (χ2n) is 7.80. The van der Waals surface area contributed by atoms with Gasteiger partial charge in [-0.15, -0.1) is 0 Å². The monoisotopic (exact) mass is 442 g/mol. The first-order valence-electron chi connectivity index (χ1n) is 9.72. The fourth-order valence-corrected chi connectivity index (χ4v) is 5.09. The van der Waals surface area contributed by atoms with Crippen molar-refractivity contribution in [2.45, 2.75) is 36.6 Å². The van der Waals surface area contributed by atoms with E-state index in [2.05, 4.69) is 19.6 Å². The minimum Gasteiger partial charge on any atom is -0.497 e. The van der Waals surface area contributed by atoms with Gasteiger partial charge in [0.25, 0.3) is 0 Å². The van der Waals surface area contributed by atoms with Gasteiger partial charge in [0.2, 0.25) is 5.09 Å². The first kappa shape index (κ1) is 22.1. The number of rotatable bonds is 7. The van der Waals surface area contributed by atoms with E-state index in [1.807, 2.05) is 18.2 Å². The van der Waals surface area contributed by atoms with Crippen LogP contribution in [-0.2, 0) is 15.5 Å². The van der Waals surface area contributed by atoms with Crippen LogP contribution in [0.1, 0.15) is 17.3 Å². The van der Waals surface area contributed by atoms with Crippen LogP contribution in [0.5, 0.6) is 5.75 Å². The predicted molar refractivity (Wildman–Crippen MR) is 121 cm³/mol. The SMILES string of the molecule is CCOC(=O)c1ccc(-c2cc([Si](C)(C)C)oc2S(=O)c2ccc(OC)cc2)cc1. The molecule has 0 N–H and O–H groups in total. The Morgan fingerprint density at radius 1 is 1.03 bits per heavy atom. The molecule has 158 valence electrons. The third-order valence-corrected chi connectivity index (χ3v) is 7.65. The molecule has 1 heterocycles. The van der Waals surface area contributed by atoms with Gasteiger partial charge in [0, 0.05) is 10.5 Å². The molecule has 0 aliphatic rings. The van der Waals surface area contributed by atoms with E-state index in [4.69, 9.17) is 13.9 Å². The van der Waals surface area contributed by atoms with Crippen LogP contribution >= 0.6 is 0 Å². The summed E-state index contributed by atoms with van der Waals surface area (Å²) in [6, 6.07) is 16.2. The molecule has 1 aromatic heterocycles. The topological polar surface area (TPSA) is 65.7 Å². The zero-order valence-corrected chi connectivity index (χ0v) is 19.7. The number of ether oxygens (including phenoxy) is 2. The van der Waals surface area contributed by atoms with Crippen molar-refractivity contribution in [1.29, 1.82) is 0 Å². The summed E-state index contributed by atoms with van der Waals surface area (Å²) >= 11 is 0. The highest BCUT2D eigenvalue weighted by Crippen LogP contribution is 2.31. The molecular weight excluding hydrogens is 416 g/mol. The van der Waals surface area contributed by atoms with Crippen molar-refractivity contribution in [2.75, 3.05) is 13.7 Å². The van der Waals surface area contributed by atoms with Crippen molar-refractivity contribution in [3.63, 3.8) is 0 Å². The summed E-state index contributed by atoms with van der Waals surface area (Å²) in [7, 11) is -1.67. The summed E-state index contributed by atoms with van der Waals surface area (Å²) in [6.45, 7) is 8.64. The molecule has 3 aromatic rings. The zero-order chi connectivity index (χ0) is 21.9. The van der Waals surface area contributed by atoms with Crippen molar-refractivity contribution < 1.29 is 22.9 Å². The maximum atomic E-state index is 13.4. The summed E-state index contributed by atoms with van der Waals surface area (Å²) in [6.07, 6.45) is 0. The van der Waals surface area contributed by atoms with Gasteiger partial charge in [-0.2, -0.15) is 0 Å². The van der Waals surface area contributed by atoms with Crippen molar-refractivity contribution in [1.82, 2.24) is 0 Å². The Morgan fingerprint density at radius 3 is 2.20 bits per heavy atom. The number of methoxy groups -OCH3 is 1. The molecule has 30 heavy (non-hydrogen) atoms. The van der Waals surface area contributed by atoms with E-state index < -0.39 is 18.9 Å². The third-order valence-electron chi connectivity index (χ3n) is 4.59. The van der Waals surface area contributed by atoms with Gasteiger partial charge in [0.05, 0.1) is 24.7 Å². The van der Waals surface area contributed by atoms with E-state index in [0.29, 0.717) is 27.9 Å². The Labute approximate surface area is 180 Å². The molecule has 0 saturated heterocycles. The molecule has 0 fully saturated rings. The maximum absolute atomic E-state index is 13.4. The molecule has 3 rings (SSSR count). The van der Waals surface area contributed by atoms with Gasteiger partial charge in [-0.1, -0.05) is 31.8 Å². The van der Waals surface area contributed by atoms with E-state index in [-0.39, 0.29) is 5.97 Å². The number of benzene rings is 2. The highest BCUT2D eigenvalue weighted by atomic mass is 32.2. The van der Waals surface area contributed by atoms with Crippen molar-refractivity contribution in [3.05, 3.63) is 60.2 Å². The second kappa shape index (κ2) is 9.02. The van der Waals surface area contributed by atoms with Crippen LogP contribution in [0.2, 0.25) is 19.6 Å². The smallest absolute Gasteiger partial charge is 0.338 e. The number of carbonyl (C=O) groups excluding carboxylic acids is 1. The third kappa shape index (κ3) is 4.74. The molecule has 2 aromatic carbocycles. The van der Waals surface area contributed by atoms with E-state index >= 15 is 0 Å². The van der Waals surface area contributed by atoms with Crippen molar-refractivity contribution in [3.8, 4) is 16.9 Å². The lowest BCUT2D eigenvalue weighted by Gasteiger charge is -2.11. The number of carbonyl (C=O) groups is 1. The molecule has 5 nitrogen and oxygen atoms in total. The fourth-order valence-electron chi connectivity index (χ4n) is 2.89. The molecule has 0 aliphatic carbocycles. The standard InChI is InChI=1S/C23H26O5SSi/c1-6-27-22(24)17-9-7-16(8-10-17)20-15-21(30(3,4)5)28-23(20)29(25)19-13-11-18(26-2)12-14-19/h7-15H,6H2,1-5H3. The lowest BCUT2D eigenvalue weighted by atomic mass is 10.1. The Hall–Kier alpha value is -2.64. The first-order valence-corrected chi connectivity index (χ1v) is 14.4. The number of esters is 1. The molecule has 1 unspecified atom stereocenters. The molecule has 0 bridgehead atoms. The Morgan fingerprint density at radius 2 is 1.67 bits per heavy atom. The van der Waals surface area contributed by atoms with Gasteiger partial charge < -0.3 is 13.9 Å². The highest BCUT2D eigenvalue weighted by molar-refractivity contribution is 7.85. The van der Waals surface area contributed by atoms with Crippen molar-refractivity contribution >= 4 is 30.2 Å². The second-order valence-corrected chi connectivity index (χ2v) is 14.2. The van der Waals surface area contributed by atoms with E-state index in [1.54, 1.807) is 50.4 Å². The average molecular weight is 443 g/mol. The van der Waals surface area contributed by atoms with Crippen LogP contribution in [0, 0.1) is 0 Å². The summed E-state index contributed by atoms with van der Waals surface area (Å²) in [4.78, 5) is 12.6. The first-order chi connectivity index (χ1) is 14.2. The van der Waals surface area contributed by atoms with Gasteiger partial charge in [-0.05, 0) is 55.0 Å². The zero-order valence-electron chi connectivity index (χ0n) is 17.9. The van der Waals surface area contributed by atoms with Crippen LogP contribution < -0.4 is 10.1 Å². The van der Waals surface area contributed by atoms with Gasteiger partial charge >= 0.3 is 5.97 Å². The summed E-state index contributed by atoms with van der Waals surface area (Å²) in [5, 5.41) is 1.30. The van der Waals surface area contributed by atoms with Crippen LogP contribution in [0.15, 0.2) is 69.0 Å². The number of hydrogen-bond donors (Lipinski definition) is 0. The van der Waals surface area contributed by atoms with Gasteiger partial charge in [0.15, 0.2) is 0 Å². The van der Waals surface area contributed by atoms with E-state index in [1.165, 1.54) is 0 Å². The average Bonchev–Trinajstić information content (AvgIpc) is 3.19. The molecule has 0 spiro atoms. The van der Waals surface area contributed by atoms with E-state index in [9.17, 15) is 9.00 Å². The van der Waals surface area contributed by atoms with Crippen LogP contribution in [-0.4, -0.2) is 32.0 Å². The van der Waals surface area contributed by atoms with Crippen LogP contribution in [0.4, 0.5) is 0 Å². The molecule has 0 saturated carbocycles. The lowest BCUT2D eigenvalue weighted by Crippen LogP contribution is -2.36. The van der Waals surface area contributed by atoms with Crippen molar-refractivity contribution in [2.24, 2.45) is 0 Å². The van der Waals surface area contributed by atoms with Gasteiger partial charge in [-0.25, -0.2) is 9.00 Å². The van der Waals surface area contributed by atoms with Gasteiger partial charge in [-0.3, -0.25) is 0 Å². The molecule has 0 aliphatic heterocycles. The minimum atomic E-state index is -1.77. The quantitative estimate of drug-likeness (QED) is 0.387. The highest BCUT2D eigenvalue weighted by Gasteiger charge is 2.27. The largest absolute Gasteiger partial charge is 0.497 e. The van der Waals surface area contributed by atoms with E-state index in [0.717, 1.165) is 16.5 Å². The molecular formula is C23H26O5SSi. The van der Waals surface area contributed by atoms with Gasteiger partial charge in [0.1, 0.15) is 24.6 Å². The Kier molecular flexibility index (Phi) is 6.63. The molecule has 1 atom stereocenters. The number of furan rings is 1. The molecule has 7 heteroatoms. The Bertz CT molecular complexity index is 1050. The van der Waals surface area contributed by atoms with Crippen LogP contribution in [0.25, 0.3) is 11.1 Å². The normalized spacial score (nSPS) is 12.4. The fraction of sp³-hybridized carbons (Fsp3) is 0.261. The minimum absolute atomic E-state index is 0.326. The lowest BCUT2D eigenvalue weighted by molar-refractivity contribution is 0.0526. The summed E-state index contributed by atoms with van der Waals surface area (Å²) in [5.74, 6) is 0.342. The summed E-state index contributed by atoms with van der Waals surface area (Å²) in [5.41, 5.74) is 2.09. The number of hydrogen-bond acceptors (Lipinski definition) is 5. The Balaban J connectivity index is 2.04. The molecule has 0 amide bonds. The summed E-state index contributed by atoms with van der Waals surface area (Å²) < 4.78 is 29.8. The van der Waals surface area contributed by atoms with Crippen LogP contribution in [0.3, 0.4) is 0 Å². The molecule has 0 radical (unpaired) electrons. The predicted octanol–water partition coefficient (Wildman–Crippen LogP) is 4.84.